The Hall–Kier alpha value is -3.14. The topological polar surface area (TPSA) is 35.1 Å². The van der Waals surface area contributed by atoms with Crippen LogP contribution in [-0.2, 0) is 6.54 Å². The fraction of sp³-hybridized carbons (Fsp3) is 0.100. The van der Waals surface area contributed by atoms with Crippen LogP contribution in [0, 0.1) is 6.92 Å². The van der Waals surface area contributed by atoms with Gasteiger partial charge in [-0.05, 0) is 36.8 Å². The Balaban J connectivity index is 1.87. The van der Waals surface area contributed by atoms with Gasteiger partial charge in [0, 0.05) is 17.5 Å². The third kappa shape index (κ3) is 2.52. The molecule has 0 aliphatic heterocycles. The summed E-state index contributed by atoms with van der Waals surface area (Å²) in [5.41, 5.74) is 6.43. The van der Waals surface area contributed by atoms with E-state index in [1.165, 1.54) is 0 Å². The third-order valence-corrected chi connectivity index (χ3v) is 4.20. The smallest absolute Gasteiger partial charge is 0.0933 e. The fourth-order valence-corrected chi connectivity index (χ4v) is 2.89. The molecule has 0 saturated carbocycles. The summed E-state index contributed by atoms with van der Waals surface area (Å²) < 4.78 is 3.97. The molecule has 0 radical (unpaired) electrons. The standard InChI is InChI=1S/C20H18N4/c1-3-16-11-18-13-20(17-7-5-4-6-8-17)22-24(18)19(12-16)14-23-15(2)9-10-21-23/h3-13H,1,14H2,2H3. The van der Waals surface area contributed by atoms with Gasteiger partial charge >= 0.3 is 0 Å². The molecule has 0 aliphatic carbocycles. The second kappa shape index (κ2) is 5.81. The van der Waals surface area contributed by atoms with Gasteiger partial charge < -0.3 is 0 Å². The van der Waals surface area contributed by atoms with E-state index in [2.05, 4.69) is 48.9 Å². The number of benzene rings is 1. The predicted molar refractivity (Wildman–Crippen MR) is 96.8 cm³/mol. The summed E-state index contributed by atoms with van der Waals surface area (Å²) in [4.78, 5) is 0. The number of fused-ring (bicyclic) bond motifs is 1. The van der Waals surface area contributed by atoms with Gasteiger partial charge in [-0.2, -0.15) is 10.2 Å². The maximum Gasteiger partial charge on any atom is 0.0933 e. The lowest BCUT2D eigenvalue weighted by atomic mass is 10.1. The first-order valence-electron chi connectivity index (χ1n) is 7.93. The van der Waals surface area contributed by atoms with E-state index in [9.17, 15) is 0 Å². The molecule has 24 heavy (non-hydrogen) atoms. The number of nitrogens with zero attached hydrogens (tertiary/aromatic N) is 4. The molecule has 0 N–H and O–H groups in total. The Labute approximate surface area is 140 Å². The molecule has 0 spiro atoms. The second-order valence-corrected chi connectivity index (χ2v) is 5.85. The lowest BCUT2D eigenvalue weighted by molar-refractivity contribution is 0.636. The normalized spacial score (nSPS) is 11.0. The number of rotatable bonds is 4. The quantitative estimate of drug-likeness (QED) is 0.566. The number of pyridine rings is 1. The minimum absolute atomic E-state index is 0.674. The Kier molecular flexibility index (Phi) is 3.50. The minimum atomic E-state index is 0.674. The van der Waals surface area contributed by atoms with Gasteiger partial charge in [0.15, 0.2) is 0 Å². The molecule has 0 saturated heterocycles. The van der Waals surface area contributed by atoms with Crippen molar-refractivity contribution in [3.05, 3.63) is 84.3 Å². The summed E-state index contributed by atoms with van der Waals surface area (Å²) in [5.74, 6) is 0. The molecule has 3 aromatic heterocycles. The Morgan fingerprint density at radius 3 is 2.62 bits per heavy atom. The van der Waals surface area contributed by atoms with Crippen LogP contribution in [0.2, 0.25) is 0 Å². The molecular weight excluding hydrogens is 296 g/mol. The van der Waals surface area contributed by atoms with Gasteiger partial charge in [-0.1, -0.05) is 43.0 Å². The minimum Gasteiger partial charge on any atom is -0.264 e. The molecular formula is C20H18N4. The molecule has 0 unspecified atom stereocenters. The molecule has 0 atom stereocenters. The highest BCUT2D eigenvalue weighted by molar-refractivity contribution is 5.68. The first-order chi connectivity index (χ1) is 11.7. The van der Waals surface area contributed by atoms with Gasteiger partial charge in [-0.25, -0.2) is 4.52 Å². The highest BCUT2D eigenvalue weighted by atomic mass is 15.3. The summed E-state index contributed by atoms with van der Waals surface area (Å²) >= 11 is 0. The van der Waals surface area contributed by atoms with Crippen LogP contribution >= 0.6 is 0 Å². The molecule has 0 amide bonds. The molecule has 0 bridgehead atoms. The average Bonchev–Trinajstić information content (AvgIpc) is 3.22. The highest BCUT2D eigenvalue weighted by Gasteiger charge is 2.10. The van der Waals surface area contributed by atoms with Crippen molar-refractivity contribution < 1.29 is 0 Å². The average molecular weight is 314 g/mol. The van der Waals surface area contributed by atoms with E-state index in [1.807, 2.05) is 45.7 Å². The van der Waals surface area contributed by atoms with E-state index in [4.69, 9.17) is 5.10 Å². The maximum absolute atomic E-state index is 4.81. The summed E-state index contributed by atoms with van der Waals surface area (Å²) in [6.45, 7) is 6.64. The zero-order valence-corrected chi connectivity index (χ0v) is 13.6. The van der Waals surface area contributed by atoms with Crippen LogP contribution in [0.25, 0.3) is 22.9 Å². The van der Waals surface area contributed by atoms with Crippen LogP contribution in [0.3, 0.4) is 0 Å². The zero-order valence-electron chi connectivity index (χ0n) is 13.6. The predicted octanol–water partition coefficient (Wildman–Crippen LogP) is 4.20. The van der Waals surface area contributed by atoms with Crippen molar-refractivity contribution in [3.8, 4) is 11.3 Å². The van der Waals surface area contributed by atoms with E-state index in [1.54, 1.807) is 0 Å². The van der Waals surface area contributed by atoms with Crippen molar-refractivity contribution in [1.29, 1.82) is 0 Å². The lowest BCUT2D eigenvalue weighted by Crippen LogP contribution is -2.09. The summed E-state index contributed by atoms with van der Waals surface area (Å²) in [5, 5.41) is 9.20. The Morgan fingerprint density at radius 1 is 1.08 bits per heavy atom. The van der Waals surface area contributed by atoms with Crippen LogP contribution in [0.4, 0.5) is 0 Å². The molecule has 1 aromatic carbocycles. The molecule has 4 aromatic rings. The van der Waals surface area contributed by atoms with E-state index in [0.29, 0.717) is 6.54 Å². The summed E-state index contributed by atoms with van der Waals surface area (Å²) in [6.07, 6.45) is 3.69. The monoisotopic (exact) mass is 314 g/mol. The number of hydrogen-bond acceptors (Lipinski definition) is 2. The molecule has 0 fully saturated rings. The summed E-state index contributed by atoms with van der Waals surface area (Å²) in [7, 11) is 0. The molecule has 4 nitrogen and oxygen atoms in total. The van der Waals surface area contributed by atoms with Crippen LogP contribution < -0.4 is 0 Å². The van der Waals surface area contributed by atoms with Gasteiger partial charge in [0.05, 0.1) is 23.4 Å². The van der Waals surface area contributed by atoms with Gasteiger partial charge in [0.25, 0.3) is 0 Å². The van der Waals surface area contributed by atoms with E-state index in [-0.39, 0.29) is 0 Å². The van der Waals surface area contributed by atoms with Gasteiger partial charge in [-0.3, -0.25) is 4.68 Å². The summed E-state index contributed by atoms with van der Waals surface area (Å²) in [6, 6.07) is 18.6. The molecule has 3 heterocycles. The second-order valence-electron chi connectivity index (χ2n) is 5.85. The van der Waals surface area contributed by atoms with Crippen LogP contribution in [0.5, 0.6) is 0 Å². The molecule has 4 rings (SSSR count). The van der Waals surface area contributed by atoms with E-state index in [0.717, 1.165) is 33.7 Å². The Morgan fingerprint density at radius 2 is 1.92 bits per heavy atom. The Bertz CT molecular complexity index is 1010. The highest BCUT2D eigenvalue weighted by Crippen LogP contribution is 2.22. The van der Waals surface area contributed by atoms with Crippen LogP contribution in [-0.4, -0.2) is 19.4 Å². The lowest BCUT2D eigenvalue weighted by Gasteiger charge is -2.08. The van der Waals surface area contributed by atoms with E-state index < -0.39 is 0 Å². The molecule has 0 aliphatic rings. The largest absolute Gasteiger partial charge is 0.264 e. The first-order valence-corrected chi connectivity index (χ1v) is 7.93. The SMILES string of the molecule is C=Cc1cc(Cn2nccc2C)n2nc(-c3ccccc3)cc2c1. The maximum atomic E-state index is 4.81. The van der Waals surface area contributed by atoms with Crippen molar-refractivity contribution in [2.45, 2.75) is 13.5 Å². The van der Waals surface area contributed by atoms with Gasteiger partial charge in [-0.15, -0.1) is 0 Å². The first kappa shape index (κ1) is 14.5. The number of aryl methyl sites for hydroxylation is 1. The van der Waals surface area contributed by atoms with Gasteiger partial charge in [0.2, 0.25) is 0 Å². The molecule has 4 heteroatoms. The van der Waals surface area contributed by atoms with Gasteiger partial charge in [0.1, 0.15) is 0 Å². The number of hydrogen-bond donors (Lipinski definition) is 0. The van der Waals surface area contributed by atoms with Crippen molar-refractivity contribution >= 4 is 11.6 Å². The van der Waals surface area contributed by atoms with Crippen molar-refractivity contribution in [1.82, 2.24) is 19.4 Å². The van der Waals surface area contributed by atoms with Crippen molar-refractivity contribution in [2.24, 2.45) is 0 Å². The third-order valence-electron chi connectivity index (χ3n) is 4.20. The van der Waals surface area contributed by atoms with Crippen LogP contribution in [0.15, 0.2) is 67.4 Å². The number of aromatic nitrogens is 4. The van der Waals surface area contributed by atoms with Crippen molar-refractivity contribution in [3.63, 3.8) is 0 Å². The van der Waals surface area contributed by atoms with Crippen LogP contribution in [0.1, 0.15) is 17.0 Å². The zero-order chi connectivity index (χ0) is 16.5. The van der Waals surface area contributed by atoms with Crippen molar-refractivity contribution in [2.75, 3.05) is 0 Å². The fourth-order valence-electron chi connectivity index (χ4n) is 2.89. The molecule has 118 valence electrons. The van der Waals surface area contributed by atoms with E-state index >= 15 is 0 Å².